The number of aryl methyl sites for hydroxylation is 1. The molecule has 0 spiro atoms. The van der Waals surface area contributed by atoms with Crippen molar-refractivity contribution >= 4 is 27.3 Å². The van der Waals surface area contributed by atoms with Gasteiger partial charge in [0, 0.05) is 22.1 Å². The van der Waals surface area contributed by atoms with Crippen molar-refractivity contribution in [1.82, 2.24) is 15.2 Å². The number of hydrogen-bond acceptors (Lipinski definition) is 4. The number of nitrogens with two attached hydrogens (primary N) is 1. The molecule has 3 N–H and O–H groups in total. The number of thiophene rings is 1. The average Bonchev–Trinajstić information content (AvgIpc) is 2.90. The predicted molar refractivity (Wildman–Crippen MR) is 69.1 cm³/mol. The summed E-state index contributed by atoms with van der Waals surface area (Å²) in [5.74, 6) is 5.64. The molecular formula is C10H13BrN4S. The van der Waals surface area contributed by atoms with Crippen LogP contribution < -0.4 is 11.3 Å². The molecule has 2 heterocycles. The van der Waals surface area contributed by atoms with Crippen LogP contribution in [0.15, 0.2) is 28.2 Å². The first-order valence-corrected chi connectivity index (χ1v) is 6.66. The molecule has 0 radical (unpaired) electrons. The Bertz CT molecular complexity index is 465. The van der Waals surface area contributed by atoms with Gasteiger partial charge < -0.3 is 0 Å². The van der Waals surface area contributed by atoms with Gasteiger partial charge in [-0.2, -0.15) is 5.10 Å². The van der Waals surface area contributed by atoms with Gasteiger partial charge in [-0.3, -0.25) is 10.5 Å². The molecule has 16 heavy (non-hydrogen) atoms. The van der Waals surface area contributed by atoms with Gasteiger partial charge >= 0.3 is 0 Å². The smallest absolute Gasteiger partial charge is 0.0981 e. The minimum atomic E-state index is -0.0168. The fourth-order valence-corrected chi connectivity index (χ4v) is 3.33. The van der Waals surface area contributed by atoms with Gasteiger partial charge in [-0.05, 0) is 40.4 Å². The summed E-state index contributed by atoms with van der Waals surface area (Å²) in [6.07, 6.45) is 1.80. The summed E-state index contributed by atoms with van der Waals surface area (Å²) in [7, 11) is 0. The molecular weight excluding hydrogens is 288 g/mol. The minimum Gasteiger partial charge on any atom is -0.270 e. The lowest BCUT2D eigenvalue weighted by atomic mass is 10.2. The number of rotatable bonds is 4. The van der Waals surface area contributed by atoms with Crippen LogP contribution in [0, 0.1) is 0 Å². The van der Waals surface area contributed by atoms with Gasteiger partial charge in [0.05, 0.1) is 11.7 Å². The molecule has 0 saturated carbocycles. The van der Waals surface area contributed by atoms with Crippen molar-refractivity contribution in [1.29, 1.82) is 0 Å². The third kappa shape index (κ3) is 2.06. The maximum atomic E-state index is 5.64. The standard InChI is InChI=1S/C10H13BrN4S/c1-2-15-8(3-5-13-15)9(14-12)10-7(11)4-6-16-10/h3-6,9,14H,2,12H2,1H3. The lowest BCUT2D eigenvalue weighted by molar-refractivity contribution is 0.547. The molecule has 2 rings (SSSR count). The first kappa shape index (κ1) is 11.8. The van der Waals surface area contributed by atoms with Crippen molar-refractivity contribution in [3.8, 4) is 0 Å². The second-order valence-corrected chi connectivity index (χ2v) is 5.11. The first-order valence-electron chi connectivity index (χ1n) is 4.98. The third-order valence-corrected chi connectivity index (χ3v) is 4.35. The van der Waals surface area contributed by atoms with E-state index in [4.69, 9.17) is 5.84 Å². The van der Waals surface area contributed by atoms with Gasteiger partial charge in [0.1, 0.15) is 0 Å². The molecule has 4 nitrogen and oxygen atoms in total. The van der Waals surface area contributed by atoms with E-state index in [0.29, 0.717) is 0 Å². The van der Waals surface area contributed by atoms with Crippen LogP contribution in [0.3, 0.4) is 0 Å². The Kier molecular flexibility index (Phi) is 3.75. The molecule has 0 aromatic carbocycles. The molecule has 2 aromatic heterocycles. The fourth-order valence-electron chi connectivity index (χ4n) is 1.66. The van der Waals surface area contributed by atoms with Crippen LogP contribution in [-0.4, -0.2) is 9.78 Å². The van der Waals surface area contributed by atoms with Crippen molar-refractivity contribution in [3.63, 3.8) is 0 Å². The molecule has 0 saturated heterocycles. The van der Waals surface area contributed by atoms with E-state index in [1.54, 1.807) is 17.5 Å². The van der Waals surface area contributed by atoms with Gasteiger partial charge in [-0.25, -0.2) is 5.43 Å². The number of nitrogens with one attached hydrogen (secondary N) is 1. The first-order chi connectivity index (χ1) is 7.77. The monoisotopic (exact) mass is 300 g/mol. The Labute approximate surface area is 107 Å². The van der Waals surface area contributed by atoms with Crippen molar-refractivity contribution in [2.75, 3.05) is 0 Å². The van der Waals surface area contributed by atoms with Gasteiger partial charge in [-0.15, -0.1) is 11.3 Å². The van der Waals surface area contributed by atoms with Crippen molar-refractivity contribution in [2.45, 2.75) is 19.5 Å². The average molecular weight is 301 g/mol. The highest BCUT2D eigenvalue weighted by atomic mass is 79.9. The second-order valence-electron chi connectivity index (χ2n) is 3.30. The molecule has 0 aliphatic heterocycles. The quantitative estimate of drug-likeness (QED) is 0.673. The molecule has 86 valence electrons. The molecule has 0 amide bonds. The number of aromatic nitrogens is 2. The predicted octanol–water partition coefficient (Wildman–Crippen LogP) is 2.28. The van der Waals surface area contributed by atoms with E-state index >= 15 is 0 Å². The summed E-state index contributed by atoms with van der Waals surface area (Å²) in [6.45, 7) is 2.90. The van der Waals surface area contributed by atoms with Crippen LogP contribution in [0.25, 0.3) is 0 Å². The Balaban J connectivity index is 2.40. The normalized spacial score (nSPS) is 12.9. The highest BCUT2D eigenvalue weighted by molar-refractivity contribution is 9.10. The van der Waals surface area contributed by atoms with Crippen LogP contribution in [0.4, 0.5) is 0 Å². The molecule has 0 aliphatic carbocycles. The number of hydrogen-bond donors (Lipinski definition) is 2. The highest BCUT2D eigenvalue weighted by Crippen LogP contribution is 2.32. The summed E-state index contributed by atoms with van der Waals surface area (Å²) in [6, 6.07) is 3.99. The van der Waals surface area contributed by atoms with Crippen molar-refractivity contribution in [3.05, 3.63) is 38.8 Å². The molecule has 1 atom stereocenters. The zero-order valence-corrected chi connectivity index (χ0v) is 11.3. The Morgan fingerprint density at radius 3 is 3.00 bits per heavy atom. The van der Waals surface area contributed by atoms with E-state index in [9.17, 15) is 0 Å². The van der Waals surface area contributed by atoms with Crippen LogP contribution in [-0.2, 0) is 6.54 Å². The zero-order chi connectivity index (χ0) is 11.5. The van der Waals surface area contributed by atoms with E-state index in [2.05, 4.69) is 33.4 Å². The van der Waals surface area contributed by atoms with Crippen molar-refractivity contribution < 1.29 is 0 Å². The van der Waals surface area contributed by atoms with E-state index in [-0.39, 0.29) is 6.04 Å². The molecule has 2 aromatic rings. The summed E-state index contributed by atoms with van der Waals surface area (Å²) >= 11 is 5.19. The topological polar surface area (TPSA) is 55.9 Å². The van der Waals surface area contributed by atoms with Crippen LogP contribution in [0.5, 0.6) is 0 Å². The third-order valence-electron chi connectivity index (χ3n) is 2.42. The maximum Gasteiger partial charge on any atom is 0.0981 e. The lowest BCUT2D eigenvalue weighted by Crippen LogP contribution is -2.30. The summed E-state index contributed by atoms with van der Waals surface area (Å²) in [5, 5.41) is 6.29. The second kappa shape index (κ2) is 5.09. The van der Waals surface area contributed by atoms with Gasteiger partial charge in [0.25, 0.3) is 0 Å². The van der Waals surface area contributed by atoms with Gasteiger partial charge in [0.2, 0.25) is 0 Å². The summed E-state index contributed by atoms with van der Waals surface area (Å²) < 4.78 is 3.01. The van der Waals surface area contributed by atoms with Crippen LogP contribution in [0.1, 0.15) is 23.5 Å². The Morgan fingerprint density at radius 2 is 2.44 bits per heavy atom. The minimum absolute atomic E-state index is 0.0168. The zero-order valence-electron chi connectivity index (χ0n) is 8.85. The number of halogens is 1. The van der Waals surface area contributed by atoms with Crippen molar-refractivity contribution in [2.24, 2.45) is 5.84 Å². The number of nitrogens with zero attached hydrogens (tertiary/aromatic N) is 2. The summed E-state index contributed by atoms with van der Waals surface area (Å²) in [5.41, 5.74) is 3.92. The van der Waals surface area contributed by atoms with Gasteiger partial charge in [0.15, 0.2) is 0 Å². The largest absolute Gasteiger partial charge is 0.270 e. The van der Waals surface area contributed by atoms with E-state index in [0.717, 1.165) is 21.6 Å². The van der Waals surface area contributed by atoms with Crippen LogP contribution in [0.2, 0.25) is 0 Å². The van der Waals surface area contributed by atoms with Gasteiger partial charge in [-0.1, -0.05) is 0 Å². The van der Waals surface area contributed by atoms with E-state index in [1.807, 2.05) is 22.2 Å². The number of hydrazine groups is 1. The molecule has 6 heteroatoms. The fraction of sp³-hybridized carbons (Fsp3) is 0.300. The lowest BCUT2D eigenvalue weighted by Gasteiger charge is -2.16. The molecule has 0 aliphatic rings. The molecule has 0 fully saturated rings. The van der Waals surface area contributed by atoms with E-state index < -0.39 is 0 Å². The van der Waals surface area contributed by atoms with Crippen LogP contribution >= 0.6 is 27.3 Å². The summed E-state index contributed by atoms with van der Waals surface area (Å²) in [4.78, 5) is 1.16. The highest BCUT2D eigenvalue weighted by Gasteiger charge is 2.19. The Hall–Kier alpha value is -0.690. The molecule has 1 unspecified atom stereocenters. The molecule has 0 bridgehead atoms. The maximum absolute atomic E-state index is 5.64. The SMILES string of the molecule is CCn1nccc1C(NN)c1sccc1Br. The van der Waals surface area contributed by atoms with E-state index in [1.165, 1.54) is 0 Å². The Morgan fingerprint density at radius 1 is 1.62 bits per heavy atom.